The summed E-state index contributed by atoms with van der Waals surface area (Å²) in [7, 11) is 3.59. The Morgan fingerprint density at radius 2 is 1.86 bits per heavy atom. The summed E-state index contributed by atoms with van der Waals surface area (Å²) >= 11 is 1.59. The van der Waals surface area contributed by atoms with Crippen molar-refractivity contribution in [1.29, 1.82) is 0 Å². The summed E-state index contributed by atoms with van der Waals surface area (Å²) in [6, 6.07) is 0. The summed E-state index contributed by atoms with van der Waals surface area (Å²) in [6.45, 7) is 0. The van der Waals surface area contributed by atoms with E-state index in [0.717, 1.165) is 49.1 Å². The summed E-state index contributed by atoms with van der Waals surface area (Å²) < 4.78 is 0. The van der Waals surface area contributed by atoms with Gasteiger partial charge in [-0.15, -0.1) is 11.3 Å². The van der Waals surface area contributed by atoms with E-state index in [1.165, 1.54) is 11.3 Å². The smallest absolute Gasteiger partial charge is 0.268 e. The second-order valence-corrected chi connectivity index (χ2v) is 7.47. The number of fused-ring (bicyclic) bond motifs is 1. The highest BCUT2D eigenvalue weighted by Crippen LogP contribution is 2.39. The van der Waals surface area contributed by atoms with Gasteiger partial charge in [-0.05, 0) is 44.1 Å². The van der Waals surface area contributed by atoms with Gasteiger partial charge >= 0.3 is 0 Å². The predicted molar refractivity (Wildman–Crippen MR) is 88.1 cm³/mol. The monoisotopic (exact) mass is 321 g/mol. The first-order chi connectivity index (χ1) is 10.6. The lowest BCUT2D eigenvalue weighted by atomic mass is 10.1. The molecule has 0 atom stereocenters. The molecule has 6 heteroatoms. The van der Waals surface area contributed by atoms with Crippen LogP contribution in [0.25, 0.3) is 0 Å². The fourth-order valence-electron chi connectivity index (χ4n) is 2.89. The van der Waals surface area contributed by atoms with Crippen LogP contribution < -0.4 is 10.7 Å². The molecule has 1 saturated carbocycles. The van der Waals surface area contributed by atoms with Crippen LogP contribution in [-0.2, 0) is 17.6 Å². The highest BCUT2D eigenvalue weighted by Gasteiger charge is 2.32. The van der Waals surface area contributed by atoms with Crippen LogP contribution in [0.2, 0.25) is 0 Å². The van der Waals surface area contributed by atoms with Crippen molar-refractivity contribution in [1.82, 2.24) is 10.4 Å². The summed E-state index contributed by atoms with van der Waals surface area (Å²) in [5.41, 5.74) is 4.66. The van der Waals surface area contributed by atoms with Crippen LogP contribution in [-0.4, -0.2) is 30.9 Å². The van der Waals surface area contributed by atoms with Crippen LogP contribution in [0, 0.1) is 5.92 Å². The third-order valence-electron chi connectivity index (χ3n) is 4.16. The molecule has 2 aliphatic rings. The molecule has 1 fully saturated rings. The molecule has 1 aromatic heterocycles. The molecule has 2 N–H and O–H groups in total. The zero-order valence-corrected chi connectivity index (χ0v) is 14.0. The van der Waals surface area contributed by atoms with E-state index in [1.54, 1.807) is 30.4 Å². The van der Waals surface area contributed by atoms with E-state index < -0.39 is 0 Å². The van der Waals surface area contributed by atoms with Crippen LogP contribution in [0.4, 0.5) is 5.00 Å². The molecule has 22 heavy (non-hydrogen) atoms. The minimum atomic E-state index is -0.115. The SMILES string of the molecule is CN(C)NC(=O)c1c(NC(=O)C2CC2)sc2c1CCCCC2. The van der Waals surface area contributed by atoms with Crippen molar-refractivity contribution < 1.29 is 9.59 Å². The van der Waals surface area contributed by atoms with E-state index >= 15 is 0 Å². The van der Waals surface area contributed by atoms with E-state index in [9.17, 15) is 9.59 Å². The number of hydrogen-bond donors (Lipinski definition) is 2. The number of rotatable bonds is 4. The van der Waals surface area contributed by atoms with Gasteiger partial charge in [-0.3, -0.25) is 15.0 Å². The molecule has 0 radical (unpaired) electrons. The van der Waals surface area contributed by atoms with Crippen molar-refractivity contribution in [3.63, 3.8) is 0 Å². The number of hydrogen-bond acceptors (Lipinski definition) is 4. The maximum absolute atomic E-state index is 12.6. The molecule has 0 aromatic carbocycles. The Labute approximate surface area is 135 Å². The van der Waals surface area contributed by atoms with Crippen LogP contribution in [0.3, 0.4) is 0 Å². The number of nitrogens with one attached hydrogen (secondary N) is 2. The van der Waals surface area contributed by atoms with Gasteiger partial charge in [0.05, 0.1) is 5.56 Å². The molecule has 0 unspecified atom stereocenters. The minimum Gasteiger partial charge on any atom is -0.317 e. The molecule has 2 amide bonds. The molecule has 0 saturated heterocycles. The Morgan fingerprint density at radius 1 is 1.14 bits per heavy atom. The van der Waals surface area contributed by atoms with E-state index in [0.29, 0.717) is 5.56 Å². The topological polar surface area (TPSA) is 61.4 Å². The molecule has 0 spiro atoms. The normalized spacial score (nSPS) is 17.8. The van der Waals surface area contributed by atoms with Gasteiger partial charge in [0, 0.05) is 24.9 Å². The fourth-order valence-corrected chi connectivity index (χ4v) is 4.18. The van der Waals surface area contributed by atoms with Crippen LogP contribution in [0.15, 0.2) is 0 Å². The van der Waals surface area contributed by atoms with Gasteiger partial charge in [-0.2, -0.15) is 0 Å². The molecule has 120 valence electrons. The molecular weight excluding hydrogens is 298 g/mol. The Kier molecular flexibility index (Phi) is 4.49. The van der Waals surface area contributed by atoms with Gasteiger partial charge in [0.1, 0.15) is 5.00 Å². The largest absolute Gasteiger partial charge is 0.317 e. The van der Waals surface area contributed by atoms with Gasteiger partial charge in [0.15, 0.2) is 0 Å². The molecule has 3 rings (SSSR count). The number of hydrazine groups is 1. The number of nitrogens with zero attached hydrogens (tertiary/aromatic N) is 1. The molecule has 0 aliphatic heterocycles. The number of thiophene rings is 1. The molecule has 1 heterocycles. The maximum atomic E-state index is 12.6. The summed E-state index contributed by atoms with van der Waals surface area (Å²) in [5.74, 6) is 0.0949. The minimum absolute atomic E-state index is 0.0651. The quantitative estimate of drug-likeness (QED) is 0.662. The van der Waals surface area contributed by atoms with Gasteiger partial charge < -0.3 is 5.32 Å². The van der Waals surface area contributed by atoms with Crippen molar-refractivity contribution in [3.05, 3.63) is 16.0 Å². The fraction of sp³-hybridized carbons (Fsp3) is 0.625. The Bertz CT molecular complexity index is 590. The number of carbonyl (C=O) groups excluding carboxylic acids is 2. The number of anilines is 1. The number of amides is 2. The van der Waals surface area contributed by atoms with Crippen molar-refractivity contribution in [3.8, 4) is 0 Å². The second kappa shape index (κ2) is 6.38. The molecule has 5 nitrogen and oxygen atoms in total. The summed E-state index contributed by atoms with van der Waals surface area (Å²) in [5, 5.41) is 5.39. The third kappa shape index (κ3) is 3.33. The van der Waals surface area contributed by atoms with Crippen molar-refractivity contribution in [2.45, 2.75) is 44.9 Å². The molecule has 0 bridgehead atoms. The van der Waals surface area contributed by atoms with Crippen LogP contribution in [0.1, 0.15) is 52.9 Å². The van der Waals surface area contributed by atoms with E-state index in [4.69, 9.17) is 0 Å². The van der Waals surface area contributed by atoms with Gasteiger partial charge in [0.2, 0.25) is 5.91 Å². The van der Waals surface area contributed by atoms with Gasteiger partial charge in [-0.1, -0.05) is 6.42 Å². The third-order valence-corrected chi connectivity index (χ3v) is 5.37. The highest BCUT2D eigenvalue weighted by molar-refractivity contribution is 7.17. The van der Waals surface area contributed by atoms with E-state index in [2.05, 4.69) is 10.7 Å². The highest BCUT2D eigenvalue weighted by atomic mass is 32.1. The lowest BCUT2D eigenvalue weighted by molar-refractivity contribution is -0.117. The molecule has 1 aromatic rings. The van der Waals surface area contributed by atoms with Gasteiger partial charge in [0.25, 0.3) is 5.91 Å². The lowest BCUT2D eigenvalue weighted by Crippen LogP contribution is -2.36. The Hall–Kier alpha value is -1.40. The molecular formula is C16H23N3O2S. The summed E-state index contributed by atoms with van der Waals surface area (Å²) in [6.07, 6.45) is 7.37. The number of carbonyl (C=O) groups is 2. The lowest BCUT2D eigenvalue weighted by Gasteiger charge is -2.14. The zero-order valence-electron chi connectivity index (χ0n) is 13.2. The second-order valence-electron chi connectivity index (χ2n) is 6.37. The van der Waals surface area contributed by atoms with Crippen molar-refractivity contribution in [2.24, 2.45) is 5.92 Å². The predicted octanol–water partition coefficient (Wildman–Crippen LogP) is 2.57. The first kappa shape index (κ1) is 15.5. The van der Waals surface area contributed by atoms with Crippen LogP contribution in [0.5, 0.6) is 0 Å². The van der Waals surface area contributed by atoms with Gasteiger partial charge in [-0.25, -0.2) is 5.01 Å². The van der Waals surface area contributed by atoms with E-state index in [1.807, 2.05) is 0 Å². The number of aryl methyl sites for hydroxylation is 1. The molecule has 2 aliphatic carbocycles. The Morgan fingerprint density at radius 3 is 2.55 bits per heavy atom. The Balaban J connectivity index is 1.92. The first-order valence-corrected chi connectivity index (χ1v) is 8.81. The van der Waals surface area contributed by atoms with Crippen LogP contribution >= 0.6 is 11.3 Å². The zero-order chi connectivity index (χ0) is 15.7. The average Bonchev–Trinajstić information content (AvgIpc) is 3.24. The summed E-state index contributed by atoms with van der Waals surface area (Å²) in [4.78, 5) is 26.0. The standard InChI is InChI=1S/C16H23N3O2S/c1-19(2)18-15(21)13-11-6-4-3-5-7-12(11)22-16(13)17-14(20)10-8-9-10/h10H,3-9H2,1-2H3,(H,17,20)(H,18,21). The van der Waals surface area contributed by atoms with E-state index in [-0.39, 0.29) is 17.7 Å². The maximum Gasteiger partial charge on any atom is 0.268 e. The average molecular weight is 321 g/mol. The van der Waals surface area contributed by atoms with Crippen molar-refractivity contribution >= 4 is 28.2 Å². The van der Waals surface area contributed by atoms with Crippen molar-refractivity contribution in [2.75, 3.05) is 19.4 Å². The first-order valence-electron chi connectivity index (χ1n) is 8.00.